The average Bonchev–Trinajstić information content (AvgIpc) is 3.07. The molecule has 0 saturated carbocycles. The van der Waals surface area contributed by atoms with Gasteiger partial charge in [0.2, 0.25) is 11.8 Å². The molecule has 2 aliphatic heterocycles. The zero-order chi connectivity index (χ0) is 15.9. The van der Waals surface area contributed by atoms with Gasteiger partial charge in [-0.15, -0.1) is 11.8 Å². The Morgan fingerprint density at radius 1 is 1.59 bits per heavy atom. The number of nitrogens with one attached hydrogen (secondary N) is 1. The molecule has 9 heteroatoms. The molecule has 0 aliphatic carbocycles. The van der Waals surface area contributed by atoms with E-state index in [9.17, 15) is 14.4 Å². The van der Waals surface area contributed by atoms with E-state index in [4.69, 9.17) is 5.11 Å². The summed E-state index contributed by atoms with van der Waals surface area (Å²) in [6, 6.07) is 1.03. The standard InChI is InChI=1S/C13H16N4O4S/c1-13-4-2-10(18)17(13)8(7-22-13)12(21)14-9-3-5-16(15-9)6-11(19)20/h3,5,8H,2,4,6-7H2,1H3,(H,19,20)(H,14,15,21). The lowest BCUT2D eigenvalue weighted by atomic mass is 10.2. The van der Waals surface area contributed by atoms with Gasteiger partial charge in [-0.05, 0) is 13.3 Å². The smallest absolute Gasteiger partial charge is 0.325 e. The number of thioether (sulfide) groups is 1. The lowest BCUT2D eigenvalue weighted by Gasteiger charge is -2.29. The minimum Gasteiger partial charge on any atom is -0.480 e. The fourth-order valence-electron chi connectivity index (χ4n) is 2.88. The monoisotopic (exact) mass is 324 g/mol. The SMILES string of the molecule is CC12CCC(=O)N1C(C(=O)Nc1ccn(CC(=O)O)n1)CS2. The highest BCUT2D eigenvalue weighted by Crippen LogP contribution is 2.47. The van der Waals surface area contributed by atoms with Crippen LogP contribution in [0.2, 0.25) is 0 Å². The third-order valence-electron chi connectivity index (χ3n) is 3.94. The van der Waals surface area contributed by atoms with Crippen LogP contribution in [-0.4, -0.2) is 54.2 Å². The third-order valence-corrected chi connectivity index (χ3v) is 5.44. The van der Waals surface area contributed by atoms with E-state index in [0.717, 1.165) is 6.42 Å². The molecule has 2 amide bonds. The second-order valence-electron chi connectivity index (χ2n) is 5.55. The van der Waals surface area contributed by atoms with E-state index < -0.39 is 12.0 Å². The molecule has 2 saturated heterocycles. The van der Waals surface area contributed by atoms with Crippen molar-refractivity contribution in [1.29, 1.82) is 0 Å². The molecule has 8 nitrogen and oxygen atoms in total. The summed E-state index contributed by atoms with van der Waals surface area (Å²) < 4.78 is 1.23. The van der Waals surface area contributed by atoms with Gasteiger partial charge >= 0.3 is 5.97 Å². The van der Waals surface area contributed by atoms with Crippen LogP contribution in [0.15, 0.2) is 12.3 Å². The molecule has 3 rings (SSSR count). The summed E-state index contributed by atoms with van der Waals surface area (Å²) in [4.78, 5) is 36.4. The van der Waals surface area contributed by atoms with Crippen LogP contribution in [0, 0.1) is 0 Å². The highest BCUT2D eigenvalue weighted by molar-refractivity contribution is 8.01. The molecule has 2 fully saturated rings. The van der Waals surface area contributed by atoms with Crippen molar-refractivity contribution in [3.8, 4) is 0 Å². The predicted octanol–water partition coefficient (Wildman–Crippen LogP) is 0.360. The quantitative estimate of drug-likeness (QED) is 0.828. The summed E-state index contributed by atoms with van der Waals surface area (Å²) in [5, 5.41) is 15.3. The first-order valence-electron chi connectivity index (χ1n) is 6.91. The highest BCUT2D eigenvalue weighted by atomic mass is 32.2. The molecule has 22 heavy (non-hydrogen) atoms. The molecule has 0 spiro atoms. The Labute approximate surface area is 130 Å². The molecule has 0 radical (unpaired) electrons. The molecule has 1 aromatic heterocycles. The number of anilines is 1. The number of rotatable bonds is 4. The normalized spacial score (nSPS) is 27.0. The summed E-state index contributed by atoms with van der Waals surface area (Å²) in [5.74, 6) is -0.441. The third kappa shape index (κ3) is 2.56. The van der Waals surface area contributed by atoms with E-state index >= 15 is 0 Å². The maximum Gasteiger partial charge on any atom is 0.325 e. The molecule has 2 atom stereocenters. The first-order valence-corrected chi connectivity index (χ1v) is 7.90. The number of carboxylic acids is 1. The number of amides is 2. The summed E-state index contributed by atoms with van der Waals surface area (Å²) in [6.07, 6.45) is 2.71. The van der Waals surface area contributed by atoms with E-state index in [0.29, 0.717) is 12.2 Å². The summed E-state index contributed by atoms with van der Waals surface area (Å²) in [6.45, 7) is 1.72. The van der Waals surface area contributed by atoms with Gasteiger partial charge in [0.1, 0.15) is 12.6 Å². The molecular weight excluding hydrogens is 308 g/mol. The van der Waals surface area contributed by atoms with Crippen LogP contribution in [0.3, 0.4) is 0 Å². The van der Waals surface area contributed by atoms with Gasteiger partial charge in [0.15, 0.2) is 5.82 Å². The van der Waals surface area contributed by atoms with Gasteiger partial charge in [-0.1, -0.05) is 0 Å². The minimum atomic E-state index is -1.01. The van der Waals surface area contributed by atoms with E-state index in [1.165, 1.54) is 16.9 Å². The van der Waals surface area contributed by atoms with Crippen LogP contribution in [0.4, 0.5) is 5.82 Å². The fourth-order valence-corrected chi connectivity index (χ4v) is 4.31. The van der Waals surface area contributed by atoms with Crippen LogP contribution in [0.1, 0.15) is 19.8 Å². The van der Waals surface area contributed by atoms with Crippen molar-refractivity contribution in [3.05, 3.63) is 12.3 Å². The van der Waals surface area contributed by atoms with Crippen molar-refractivity contribution in [3.63, 3.8) is 0 Å². The molecular formula is C13H16N4O4S. The Kier molecular flexibility index (Phi) is 3.59. The fraction of sp³-hybridized carbons (Fsp3) is 0.538. The second kappa shape index (κ2) is 5.31. The zero-order valence-electron chi connectivity index (χ0n) is 12.0. The first-order chi connectivity index (χ1) is 10.4. The number of hydrogen-bond donors (Lipinski definition) is 2. The van der Waals surface area contributed by atoms with Gasteiger partial charge in [0.25, 0.3) is 0 Å². The van der Waals surface area contributed by atoms with Gasteiger partial charge in [0.05, 0.1) is 4.87 Å². The number of aromatic nitrogens is 2. The Hall–Kier alpha value is -2.03. The van der Waals surface area contributed by atoms with Crippen LogP contribution in [0.5, 0.6) is 0 Å². The second-order valence-corrected chi connectivity index (χ2v) is 7.05. The van der Waals surface area contributed by atoms with E-state index in [2.05, 4.69) is 10.4 Å². The summed E-state index contributed by atoms with van der Waals surface area (Å²) >= 11 is 1.62. The number of fused-ring (bicyclic) bond motifs is 1. The van der Waals surface area contributed by atoms with Gasteiger partial charge < -0.3 is 15.3 Å². The first kappa shape index (κ1) is 14.9. The van der Waals surface area contributed by atoms with E-state index in [-0.39, 0.29) is 29.0 Å². The minimum absolute atomic E-state index is 0.00376. The Morgan fingerprint density at radius 2 is 2.36 bits per heavy atom. The summed E-state index contributed by atoms with van der Waals surface area (Å²) in [5.41, 5.74) is 0. The van der Waals surface area contributed by atoms with Gasteiger partial charge in [-0.25, -0.2) is 0 Å². The molecule has 3 heterocycles. The lowest BCUT2D eigenvalue weighted by Crippen LogP contribution is -2.48. The van der Waals surface area contributed by atoms with Crippen LogP contribution in [-0.2, 0) is 20.9 Å². The molecule has 1 aromatic rings. The average molecular weight is 324 g/mol. The Morgan fingerprint density at radius 3 is 3.09 bits per heavy atom. The van der Waals surface area contributed by atoms with Gasteiger partial charge in [0, 0.05) is 24.4 Å². The maximum atomic E-state index is 12.4. The topological polar surface area (TPSA) is 105 Å². The van der Waals surface area contributed by atoms with E-state index in [1.807, 2.05) is 6.92 Å². The number of aliphatic carboxylic acids is 1. The van der Waals surface area contributed by atoms with Crippen LogP contribution >= 0.6 is 11.8 Å². The molecule has 2 aliphatic rings. The van der Waals surface area contributed by atoms with Crippen molar-refractivity contribution < 1.29 is 19.5 Å². The number of nitrogens with zero attached hydrogens (tertiary/aromatic N) is 3. The van der Waals surface area contributed by atoms with E-state index in [1.54, 1.807) is 16.7 Å². The highest BCUT2D eigenvalue weighted by Gasteiger charge is 2.52. The van der Waals surface area contributed by atoms with Crippen LogP contribution in [0.25, 0.3) is 0 Å². The number of carboxylic acid groups (broad SMARTS) is 1. The maximum absolute atomic E-state index is 12.4. The van der Waals surface area contributed by atoms with Gasteiger partial charge in [-0.2, -0.15) is 5.10 Å². The molecule has 2 unspecified atom stereocenters. The predicted molar refractivity (Wildman–Crippen MR) is 79.2 cm³/mol. The Balaban J connectivity index is 1.68. The molecule has 0 aromatic carbocycles. The molecule has 2 N–H and O–H groups in total. The van der Waals surface area contributed by atoms with Crippen molar-refractivity contribution >= 4 is 35.4 Å². The number of carbonyl (C=O) groups excluding carboxylic acids is 2. The molecule has 0 bridgehead atoms. The molecule has 118 valence electrons. The lowest BCUT2D eigenvalue weighted by molar-refractivity contribution is -0.138. The van der Waals surface area contributed by atoms with Crippen LogP contribution < -0.4 is 5.32 Å². The van der Waals surface area contributed by atoms with Crippen molar-refractivity contribution in [2.75, 3.05) is 11.1 Å². The number of hydrogen-bond acceptors (Lipinski definition) is 5. The summed E-state index contributed by atoms with van der Waals surface area (Å²) in [7, 11) is 0. The van der Waals surface area contributed by atoms with Gasteiger partial charge in [-0.3, -0.25) is 19.1 Å². The van der Waals surface area contributed by atoms with Crippen molar-refractivity contribution in [1.82, 2.24) is 14.7 Å². The Bertz CT molecular complexity index is 646. The zero-order valence-corrected chi connectivity index (χ0v) is 12.8. The largest absolute Gasteiger partial charge is 0.480 e. The van der Waals surface area contributed by atoms with Crippen molar-refractivity contribution in [2.24, 2.45) is 0 Å². The number of carbonyl (C=O) groups is 3. The van der Waals surface area contributed by atoms with Crippen molar-refractivity contribution in [2.45, 2.75) is 37.2 Å².